The highest BCUT2D eigenvalue weighted by Crippen LogP contribution is 2.33. The molecule has 0 bridgehead atoms. The van der Waals surface area contributed by atoms with Crippen molar-refractivity contribution in [3.8, 4) is 5.75 Å². The second-order valence-electron chi connectivity index (χ2n) is 8.93. The molecule has 9 nitrogen and oxygen atoms in total. The first-order valence-electron chi connectivity index (χ1n) is 11.1. The van der Waals surface area contributed by atoms with Crippen LogP contribution in [0.5, 0.6) is 5.75 Å². The Morgan fingerprint density at radius 2 is 1.68 bits per heavy atom. The summed E-state index contributed by atoms with van der Waals surface area (Å²) in [5.41, 5.74) is 2.39. The van der Waals surface area contributed by atoms with Gasteiger partial charge in [0.1, 0.15) is 5.75 Å². The normalized spacial score (nSPS) is 14.4. The third-order valence-electron chi connectivity index (χ3n) is 6.70. The van der Waals surface area contributed by atoms with Crippen molar-refractivity contribution < 1.29 is 9.84 Å². The number of fused-ring (bicyclic) bond motifs is 2. The van der Waals surface area contributed by atoms with E-state index in [-0.39, 0.29) is 6.61 Å². The fraction of sp³-hybridized carbons (Fsp3) is 0.320. The number of methoxy groups -OCH3 is 1. The number of rotatable bonds is 6. The Morgan fingerprint density at radius 1 is 1.03 bits per heavy atom. The molecule has 9 heteroatoms. The summed E-state index contributed by atoms with van der Waals surface area (Å²) in [7, 11) is 4.68. The molecule has 0 aliphatic heterocycles. The van der Waals surface area contributed by atoms with Crippen LogP contribution in [0.3, 0.4) is 0 Å². The lowest BCUT2D eigenvalue weighted by Gasteiger charge is -2.29. The smallest absolute Gasteiger partial charge is 0.332 e. The first kappa shape index (κ1) is 22.0. The molecule has 176 valence electrons. The van der Waals surface area contributed by atoms with Gasteiger partial charge in [-0.3, -0.25) is 18.5 Å². The number of anilines is 1. The number of ether oxygens (including phenoxy) is 1. The number of aryl methyl sites for hydroxylation is 1. The number of aromatic nitrogens is 4. The maximum Gasteiger partial charge on any atom is 0.332 e. The van der Waals surface area contributed by atoms with E-state index in [9.17, 15) is 14.7 Å². The highest BCUT2D eigenvalue weighted by atomic mass is 16.5. The first-order chi connectivity index (χ1) is 16.4. The van der Waals surface area contributed by atoms with Crippen LogP contribution in [0.25, 0.3) is 11.2 Å². The molecule has 1 aliphatic carbocycles. The van der Waals surface area contributed by atoms with E-state index in [0.29, 0.717) is 36.5 Å². The van der Waals surface area contributed by atoms with E-state index in [1.807, 2.05) is 36.4 Å². The molecule has 0 saturated carbocycles. The third-order valence-corrected chi connectivity index (χ3v) is 6.70. The van der Waals surface area contributed by atoms with Crippen LogP contribution in [-0.4, -0.2) is 43.0 Å². The topological polar surface area (TPSA) is 103 Å². The van der Waals surface area contributed by atoms with Gasteiger partial charge in [0.25, 0.3) is 5.56 Å². The summed E-state index contributed by atoms with van der Waals surface area (Å²) in [6.45, 7) is 0.245. The average molecular weight is 462 g/mol. The molecule has 0 fully saturated rings. The Morgan fingerprint density at radius 3 is 2.26 bits per heavy atom. The van der Waals surface area contributed by atoms with Gasteiger partial charge in [0.05, 0.1) is 25.8 Å². The second kappa shape index (κ2) is 8.18. The van der Waals surface area contributed by atoms with Gasteiger partial charge in [-0.15, -0.1) is 0 Å². The lowest BCUT2D eigenvalue weighted by atomic mass is 9.97. The van der Waals surface area contributed by atoms with E-state index in [4.69, 9.17) is 4.74 Å². The van der Waals surface area contributed by atoms with Crippen molar-refractivity contribution in [2.45, 2.75) is 24.9 Å². The van der Waals surface area contributed by atoms with Crippen molar-refractivity contribution in [2.75, 3.05) is 19.0 Å². The van der Waals surface area contributed by atoms with Gasteiger partial charge in [0.2, 0.25) is 5.95 Å². The molecule has 2 aromatic carbocycles. The lowest BCUT2D eigenvalue weighted by molar-refractivity contribution is 0.215. The van der Waals surface area contributed by atoms with E-state index < -0.39 is 16.8 Å². The molecule has 1 aliphatic rings. The molecule has 34 heavy (non-hydrogen) atoms. The van der Waals surface area contributed by atoms with E-state index in [2.05, 4.69) is 22.4 Å². The number of aliphatic hydroxyl groups is 1. The summed E-state index contributed by atoms with van der Waals surface area (Å²) in [6, 6.07) is 15.7. The molecule has 5 rings (SSSR count). The van der Waals surface area contributed by atoms with E-state index in [0.717, 1.165) is 15.9 Å². The molecule has 0 atom stereocenters. The van der Waals surface area contributed by atoms with Crippen LogP contribution in [-0.2, 0) is 33.5 Å². The zero-order valence-electron chi connectivity index (χ0n) is 19.4. The van der Waals surface area contributed by atoms with Gasteiger partial charge in [-0.25, -0.2) is 4.79 Å². The first-order valence-corrected chi connectivity index (χ1v) is 11.1. The molecule has 0 amide bonds. The van der Waals surface area contributed by atoms with Crippen molar-refractivity contribution >= 4 is 17.1 Å². The van der Waals surface area contributed by atoms with Crippen molar-refractivity contribution in [3.63, 3.8) is 0 Å². The van der Waals surface area contributed by atoms with Gasteiger partial charge in [0.15, 0.2) is 11.2 Å². The predicted molar refractivity (Wildman–Crippen MR) is 130 cm³/mol. The number of nitrogens with one attached hydrogen (secondary N) is 1. The summed E-state index contributed by atoms with van der Waals surface area (Å²) in [5.74, 6) is 1.17. The average Bonchev–Trinajstić information content (AvgIpc) is 3.40. The van der Waals surface area contributed by atoms with Gasteiger partial charge >= 0.3 is 5.69 Å². The highest BCUT2D eigenvalue weighted by Gasteiger charge is 2.38. The van der Waals surface area contributed by atoms with Crippen molar-refractivity contribution in [3.05, 3.63) is 86.1 Å². The molecular formula is C25H27N5O4. The molecule has 4 aromatic rings. The Kier molecular flexibility index (Phi) is 5.28. The van der Waals surface area contributed by atoms with Crippen LogP contribution in [0.15, 0.2) is 58.1 Å². The number of nitrogens with zero attached hydrogens (tertiary/aromatic N) is 4. The fourth-order valence-electron chi connectivity index (χ4n) is 4.78. The number of benzene rings is 2. The molecule has 2 heterocycles. The standard InChI is InChI=1S/C25H27N5O4/c1-28-21-20(22(32)29(2)24(28)33)30(14-16-8-10-19(34-3)11-9-16)23(26-21)27-25(15-31)12-17-6-4-5-7-18(17)13-25/h4-11,31H,12-15H2,1-3H3,(H,26,27). The largest absolute Gasteiger partial charge is 0.497 e. The SMILES string of the molecule is COc1ccc(Cn2c(NC3(CO)Cc4ccccc4C3)nc3c2c(=O)n(C)c(=O)n3C)cc1. The Labute approximate surface area is 195 Å². The number of hydrogen-bond acceptors (Lipinski definition) is 6. The minimum atomic E-state index is -0.660. The zero-order chi connectivity index (χ0) is 24.0. The summed E-state index contributed by atoms with van der Waals surface area (Å²) >= 11 is 0. The van der Waals surface area contributed by atoms with E-state index >= 15 is 0 Å². The van der Waals surface area contributed by atoms with Crippen molar-refractivity contribution in [1.29, 1.82) is 0 Å². The summed E-state index contributed by atoms with van der Waals surface area (Å²) < 4.78 is 9.51. The molecule has 0 unspecified atom stereocenters. The molecule has 2 N–H and O–H groups in total. The summed E-state index contributed by atoms with van der Waals surface area (Å²) in [6.07, 6.45) is 1.25. The third kappa shape index (κ3) is 3.49. The van der Waals surface area contributed by atoms with Crippen LogP contribution >= 0.6 is 0 Å². The predicted octanol–water partition coefficient (Wildman–Crippen LogP) is 1.43. The van der Waals surface area contributed by atoms with Gasteiger partial charge in [0, 0.05) is 14.1 Å². The monoisotopic (exact) mass is 461 g/mol. The minimum Gasteiger partial charge on any atom is -0.497 e. The Balaban J connectivity index is 1.65. The molecule has 0 spiro atoms. The van der Waals surface area contributed by atoms with Crippen LogP contribution in [0.1, 0.15) is 16.7 Å². The van der Waals surface area contributed by atoms with Gasteiger partial charge < -0.3 is 15.2 Å². The number of aliphatic hydroxyl groups excluding tert-OH is 1. The molecular weight excluding hydrogens is 434 g/mol. The van der Waals surface area contributed by atoms with Crippen molar-refractivity contribution in [1.82, 2.24) is 18.7 Å². The molecule has 2 aromatic heterocycles. The van der Waals surface area contributed by atoms with Crippen LogP contribution < -0.4 is 21.3 Å². The van der Waals surface area contributed by atoms with Gasteiger partial charge in [-0.05, 0) is 41.7 Å². The Hall–Kier alpha value is -3.85. The van der Waals surface area contributed by atoms with E-state index in [1.165, 1.54) is 22.7 Å². The maximum atomic E-state index is 13.2. The van der Waals surface area contributed by atoms with E-state index in [1.54, 1.807) is 18.7 Å². The summed E-state index contributed by atoms with van der Waals surface area (Å²) in [5, 5.41) is 13.9. The van der Waals surface area contributed by atoms with Gasteiger partial charge in [-0.2, -0.15) is 4.98 Å². The number of hydrogen-bond donors (Lipinski definition) is 2. The van der Waals surface area contributed by atoms with Crippen LogP contribution in [0, 0.1) is 0 Å². The fourth-order valence-corrected chi connectivity index (χ4v) is 4.78. The molecule has 0 saturated heterocycles. The molecule has 0 radical (unpaired) electrons. The maximum absolute atomic E-state index is 13.2. The minimum absolute atomic E-state index is 0.107. The highest BCUT2D eigenvalue weighted by molar-refractivity contribution is 5.75. The Bertz CT molecular complexity index is 1470. The van der Waals surface area contributed by atoms with Crippen LogP contribution in [0.4, 0.5) is 5.95 Å². The zero-order valence-corrected chi connectivity index (χ0v) is 19.4. The van der Waals surface area contributed by atoms with Crippen molar-refractivity contribution in [2.24, 2.45) is 14.1 Å². The van der Waals surface area contributed by atoms with Gasteiger partial charge in [-0.1, -0.05) is 36.4 Å². The summed E-state index contributed by atoms with van der Waals surface area (Å²) in [4.78, 5) is 30.4. The second-order valence-corrected chi connectivity index (χ2v) is 8.93. The number of imidazole rings is 1. The quantitative estimate of drug-likeness (QED) is 0.450. The van der Waals surface area contributed by atoms with Crippen LogP contribution in [0.2, 0.25) is 0 Å². The lowest BCUT2D eigenvalue weighted by Crippen LogP contribution is -2.44.